The first-order chi connectivity index (χ1) is 15.7. The van der Waals surface area contributed by atoms with Crippen LogP contribution in [0.5, 0.6) is 0 Å². The van der Waals surface area contributed by atoms with Crippen LogP contribution in [0.1, 0.15) is 32.1 Å². The lowest BCUT2D eigenvalue weighted by Gasteiger charge is -2.22. The Kier molecular flexibility index (Phi) is 5.46. The number of hydrogen-bond acceptors (Lipinski definition) is 4. The van der Waals surface area contributed by atoms with E-state index in [2.05, 4.69) is 38.8 Å². The van der Waals surface area contributed by atoms with E-state index in [-0.39, 0.29) is 12.1 Å². The van der Waals surface area contributed by atoms with Crippen molar-refractivity contribution in [2.45, 2.75) is 38.1 Å². The van der Waals surface area contributed by atoms with Gasteiger partial charge in [0.1, 0.15) is 18.0 Å². The van der Waals surface area contributed by atoms with Gasteiger partial charge in [-0.1, -0.05) is 43.5 Å². The SMILES string of the molecule is Nc1cc(-n2ccc3ccc(-c4cccc(NC(=O)NC5CCCCC5)c4)cc32)ncn1. The zero-order valence-corrected chi connectivity index (χ0v) is 17.8. The molecule has 7 nitrogen and oxygen atoms in total. The molecule has 2 amide bonds. The lowest BCUT2D eigenvalue weighted by molar-refractivity contribution is 0.244. The van der Waals surface area contributed by atoms with Crippen molar-refractivity contribution in [3.8, 4) is 16.9 Å². The third kappa shape index (κ3) is 4.27. The smallest absolute Gasteiger partial charge is 0.319 e. The summed E-state index contributed by atoms with van der Waals surface area (Å²) >= 11 is 0. The maximum absolute atomic E-state index is 12.4. The maximum atomic E-state index is 12.4. The molecular formula is C25H26N6O. The Morgan fingerprint density at radius 3 is 2.66 bits per heavy atom. The number of carbonyl (C=O) groups excluding carboxylic acids is 1. The minimum atomic E-state index is -0.139. The summed E-state index contributed by atoms with van der Waals surface area (Å²) in [6.07, 6.45) is 9.20. The Bertz CT molecular complexity index is 1260. The van der Waals surface area contributed by atoms with Gasteiger partial charge in [0.05, 0.1) is 5.52 Å². The standard InChI is InChI=1S/C25H26N6O/c26-23-15-24(28-16-27-23)31-12-11-17-9-10-19(14-22(17)31)18-5-4-8-21(13-18)30-25(32)29-20-6-2-1-3-7-20/h4-5,8-16,20H,1-3,6-7H2,(H2,26,27,28)(H2,29,30,32). The fraction of sp³-hybridized carbons (Fsp3) is 0.240. The average molecular weight is 427 g/mol. The van der Waals surface area contributed by atoms with Gasteiger partial charge in [0, 0.05) is 29.4 Å². The number of anilines is 2. The highest BCUT2D eigenvalue weighted by atomic mass is 16.2. The molecule has 4 N–H and O–H groups in total. The van der Waals surface area contributed by atoms with Gasteiger partial charge >= 0.3 is 6.03 Å². The molecule has 5 rings (SSSR count). The summed E-state index contributed by atoms with van der Waals surface area (Å²) < 4.78 is 2.00. The van der Waals surface area contributed by atoms with Crippen molar-refractivity contribution in [1.82, 2.24) is 19.9 Å². The Hall–Kier alpha value is -3.87. The molecule has 0 spiro atoms. The minimum Gasteiger partial charge on any atom is -0.384 e. The van der Waals surface area contributed by atoms with E-state index in [0.717, 1.165) is 46.4 Å². The molecule has 1 saturated carbocycles. The highest BCUT2D eigenvalue weighted by molar-refractivity contribution is 5.91. The molecule has 0 saturated heterocycles. The number of fused-ring (bicyclic) bond motifs is 1. The molecule has 162 valence electrons. The van der Waals surface area contributed by atoms with E-state index in [4.69, 9.17) is 5.73 Å². The summed E-state index contributed by atoms with van der Waals surface area (Å²) in [7, 11) is 0. The first kappa shape index (κ1) is 20.1. The van der Waals surface area contributed by atoms with Gasteiger partial charge in [-0.05, 0) is 48.2 Å². The molecule has 7 heteroatoms. The molecule has 0 aliphatic heterocycles. The second-order valence-corrected chi connectivity index (χ2v) is 8.27. The van der Waals surface area contributed by atoms with Crippen LogP contribution in [0.25, 0.3) is 27.8 Å². The third-order valence-electron chi connectivity index (χ3n) is 6.01. The number of aromatic nitrogens is 3. The summed E-state index contributed by atoms with van der Waals surface area (Å²) in [6, 6.07) is 18.1. The van der Waals surface area contributed by atoms with Crippen LogP contribution in [0.3, 0.4) is 0 Å². The number of carbonyl (C=O) groups is 1. The quantitative estimate of drug-likeness (QED) is 0.422. The average Bonchev–Trinajstić information content (AvgIpc) is 3.23. The summed E-state index contributed by atoms with van der Waals surface area (Å²) in [5, 5.41) is 7.19. The Labute approximate surface area is 186 Å². The number of urea groups is 1. The maximum Gasteiger partial charge on any atom is 0.319 e. The van der Waals surface area contributed by atoms with E-state index >= 15 is 0 Å². The molecule has 1 fully saturated rings. The number of nitrogen functional groups attached to an aromatic ring is 1. The van der Waals surface area contributed by atoms with Gasteiger partial charge in [-0.3, -0.25) is 0 Å². The van der Waals surface area contributed by atoms with Crippen LogP contribution in [0, 0.1) is 0 Å². The first-order valence-corrected chi connectivity index (χ1v) is 11.0. The number of benzene rings is 2. The molecule has 1 aliphatic rings. The summed E-state index contributed by atoms with van der Waals surface area (Å²) in [6.45, 7) is 0. The largest absolute Gasteiger partial charge is 0.384 e. The minimum absolute atomic E-state index is 0.139. The molecule has 0 radical (unpaired) electrons. The van der Waals surface area contributed by atoms with Crippen LogP contribution >= 0.6 is 0 Å². The fourth-order valence-corrected chi connectivity index (χ4v) is 4.38. The highest BCUT2D eigenvalue weighted by Crippen LogP contribution is 2.28. The van der Waals surface area contributed by atoms with E-state index in [1.54, 1.807) is 6.07 Å². The van der Waals surface area contributed by atoms with Gasteiger partial charge in [0.2, 0.25) is 0 Å². The van der Waals surface area contributed by atoms with E-state index in [1.807, 2.05) is 41.1 Å². The second-order valence-electron chi connectivity index (χ2n) is 8.27. The van der Waals surface area contributed by atoms with Gasteiger partial charge in [-0.2, -0.15) is 0 Å². The van der Waals surface area contributed by atoms with E-state index in [9.17, 15) is 4.79 Å². The van der Waals surface area contributed by atoms with E-state index in [0.29, 0.717) is 5.82 Å². The molecule has 2 aromatic heterocycles. The number of amides is 2. The van der Waals surface area contributed by atoms with Gasteiger partial charge in [0.15, 0.2) is 0 Å². The van der Waals surface area contributed by atoms with Crippen molar-refractivity contribution in [1.29, 1.82) is 0 Å². The first-order valence-electron chi connectivity index (χ1n) is 11.0. The molecule has 0 bridgehead atoms. The zero-order valence-electron chi connectivity index (χ0n) is 17.8. The van der Waals surface area contributed by atoms with Gasteiger partial charge in [-0.25, -0.2) is 14.8 Å². The van der Waals surface area contributed by atoms with Crippen molar-refractivity contribution in [2.75, 3.05) is 11.1 Å². The van der Waals surface area contributed by atoms with Crippen LogP contribution in [0.15, 0.2) is 67.1 Å². The fourth-order valence-electron chi connectivity index (χ4n) is 4.38. The predicted molar refractivity (Wildman–Crippen MR) is 128 cm³/mol. The van der Waals surface area contributed by atoms with Crippen molar-refractivity contribution >= 4 is 28.4 Å². The Morgan fingerprint density at radius 1 is 0.969 bits per heavy atom. The summed E-state index contributed by atoms with van der Waals surface area (Å²) in [5.74, 6) is 1.15. The van der Waals surface area contributed by atoms with Gasteiger partial charge in [-0.15, -0.1) is 0 Å². The van der Waals surface area contributed by atoms with Crippen molar-refractivity contribution in [3.63, 3.8) is 0 Å². The zero-order chi connectivity index (χ0) is 21.9. The van der Waals surface area contributed by atoms with Crippen molar-refractivity contribution in [2.24, 2.45) is 0 Å². The van der Waals surface area contributed by atoms with Crippen LogP contribution in [0.2, 0.25) is 0 Å². The van der Waals surface area contributed by atoms with Crippen molar-refractivity contribution < 1.29 is 4.79 Å². The third-order valence-corrected chi connectivity index (χ3v) is 6.01. The molecule has 0 atom stereocenters. The lowest BCUT2D eigenvalue weighted by Crippen LogP contribution is -2.39. The number of nitrogens with two attached hydrogens (primary N) is 1. The lowest BCUT2D eigenvalue weighted by atomic mass is 9.96. The van der Waals surface area contributed by atoms with Gasteiger partial charge in [0.25, 0.3) is 0 Å². The molecule has 0 unspecified atom stereocenters. The Balaban J connectivity index is 1.39. The summed E-state index contributed by atoms with van der Waals surface area (Å²) in [5.41, 5.74) is 9.71. The number of rotatable bonds is 4. The Morgan fingerprint density at radius 2 is 1.81 bits per heavy atom. The van der Waals surface area contributed by atoms with E-state index in [1.165, 1.54) is 25.6 Å². The molecule has 2 heterocycles. The topological polar surface area (TPSA) is 97.9 Å². The summed E-state index contributed by atoms with van der Waals surface area (Å²) in [4.78, 5) is 20.8. The number of nitrogens with one attached hydrogen (secondary N) is 2. The molecular weight excluding hydrogens is 400 g/mol. The monoisotopic (exact) mass is 426 g/mol. The normalized spacial score (nSPS) is 14.4. The van der Waals surface area contributed by atoms with Crippen LogP contribution in [-0.4, -0.2) is 26.6 Å². The molecule has 4 aromatic rings. The molecule has 1 aliphatic carbocycles. The van der Waals surface area contributed by atoms with Crippen molar-refractivity contribution in [3.05, 3.63) is 67.1 Å². The van der Waals surface area contributed by atoms with Crippen LogP contribution < -0.4 is 16.4 Å². The van der Waals surface area contributed by atoms with Gasteiger partial charge < -0.3 is 20.9 Å². The highest BCUT2D eigenvalue weighted by Gasteiger charge is 2.15. The van der Waals surface area contributed by atoms with Crippen LogP contribution in [-0.2, 0) is 0 Å². The van der Waals surface area contributed by atoms with E-state index < -0.39 is 0 Å². The number of nitrogens with zero attached hydrogens (tertiary/aromatic N) is 3. The predicted octanol–water partition coefficient (Wildman–Crippen LogP) is 5.12. The molecule has 32 heavy (non-hydrogen) atoms. The number of hydrogen-bond donors (Lipinski definition) is 3. The molecule has 2 aromatic carbocycles. The van der Waals surface area contributed by atoms with Crippen LogP contribution in [0.4, 0.5) is 16.3 Å². The second kappa shape index (κ2) is 8.70.